The molecule has 0 atom stereocenters. The molecule has 0 spiro atoms. The Balaban J connectivity index is 1.74. The second kappa shape index (κ2) is 6.56. The maximum absolute atomic E-state index is 11.8. The van der Waals surface area contributed by atoms with E-state index in [9.17, 15) is 4.79 Å². The number of carbonyl (C=O) groups is 1. The summed E-state index contributed by atoms with van der Waals surface area (Å²) in [6, 6.07) is 2.01. The lowest BCUT2D eigenvalue weighted by atomic mass is 10.3. The van der Waals surface area contributed by atoms with Crippen molar-refractivity contribution in [1.29, 1.82) is 0 Å². The number of aromatic nitrogens is 1. The van der Waals surface area contributed by atoms with Gasteiger partial charge in [0.2, 0.25) is 0 Å². The first-order valence-corrected chi connectivity index (χ1v) is 6.86. The Hall–Kier alpha value is -1.56. The van der Waals surface area contributed by atoms with Crippen LogP contribution < -0.4 is 5.32 Å². The first-order chi connectivity index (χ1) is 9.19. The molecule has 1 aliphatic heterocycles. The minimum absolute atomic E-state index is 0.0528. The normalized spacial score (nSPS) is 16.6. The molecule has 19 heavy (non-hydrogen) atoms. The third kappa shape index (κ3) is 3.96. The summed E-state index contributed by atoms with van der Waals surface area (Å²) in [7, 11) is 0. The van der Waals surface area contributed by atoms with Crippen LogP contribution in [0.25, 0.3) is 0 Å². The Morgan fingerprint density at radius 3 is 2.74 bits per heavy atom. The lowest BCUT2D eigenvalue weighted by molar-refractivity contribution is 0.128. The van der Waals surface area contributed by atoms with E-state index in [-0.39, 0.29) is 6.03 Å². The average molecular weight is 266 g/mol. The van der Waals surface area contributed by atoms with E-state index in [4.69, 9.17) is 4.52 Å². The van der Waals surface area contributed by atoms with Crippen molar-refractivity contribution in [3.63, 3.8) is 0 Å². The third-order valence-electron chi connectivity index (χ3n) is 3.24. The highest BCUT2D eigenvalue weighted by Crippen LogP contribution is 2.09. The van der Waals surface area contributed by atoms with Gasteiger partial charge in [-0.2, -0.15) is 0 Å². The molecule has 2 rings (SSSR count). The summed E-state index contributed by atoms with van der Waals surface area (Å²) in [6.45, 7) is 8.77. The maximum atomic E-state index is 11.8. The van der Waals surface area contributed by atoms with Crippen LogP contribution in [-0.4, -0.2) is 53.7 Å². The number of piperazine rings is 1. The molecule has 1 saturated heterocycles. The molecule has 0 bridgehead atoms. The SMILES string of the molecule is CCCNC(=O)N1CCN(Cc2cc(C)no2)CC1. The van der Waals surface area contributed by atoms with Gasteiger partial charge in [0.15, 0.2) is 5.76 Å². The monoisotopic (exact) mass is 266 g/mol. The van der Waals surface area contributed by atoms with Crippen LogP contribution in [0.3, 0.4) is 0 Å². The first kappa shape index (κ1) is 13.9. The summed E-state index contributed by atoms with van der Waals surface area (Å²) in [5, 5.41) is 6.79. The van der Waals surface area contributed by atoms with E-state index in [1.807, 2.05) is 17.9 Å². The molecule has 6 nitrogen and oxygen atoms in total. The minimum atomic E-state index is 0.0528. The van der Waals surface area contributed by atoms with Crippen molar-refractivity contribution < 1.29 is 9.32 Å². The molecular formula is C13H22N4O2. The fraction of sp³-hybridized carbons (Fsp3) is 0.692. The molecule has 1 aromatic heterocycles. The van der Waals surface area contributed by atoms with Crippen LogP contribution in [0.5, 0.6) is 0 Å². The molecular weight excluding hydrogens is 244 g/mol. The van der Waals surface area contributed by atoms with E-state index in [2.05, 4.69) is 22.3 Å². The van der Waals surface area contributed by atoms with E-state index < -0.39 is 0 Å². The van der Waals surface area contributed by atoms with Crippen LogP contribution in [0.1, 0.15) is 24.8 Å². The number of urea groups is 1. The minimum Gasteiger partial charge on any atom is -0.360 e. The first-order valence-electron chi connectivity index (χ1n) is 6.86. The van der Waals surface area contributed by atoms with Crippen molar-refractivity contribution in [3.8, 4) is 0 Å². The van der Waals surface area contributed by atoms with Crippen LogP contribution in [0.4, 0.5) is 4.79 Å². The molecule has 0 unspecified atom stereocenters. The Kier molecular flexibility index (Phi) is 4.79. The third-order valence-corrected chi connectivity index (χ3v) is 3.24. The number of nitrogens with zero attached hydrogens (tertiary/aromatic N) is 3. The van der Waals surface area contributed by atoms with Gasteiger partial charge < -0.3 is 14.7 Å². The van der Waals surface area contributed by atoms with Gasteiger partial charge in [0.05, 0.1) is 12.2 Å². The highest BCUT2D eigenvalue weighted by atomic mass is 16.5. The van der Waals surface area contributed by atoms with Gasteiger partial charge in [-0.25, -0.2) is 4.79 Å². The second-order valence-electron chi connectivity index (χ2n) is 4.93. The molecule has 1 fully saturated rings. The zero-order chi connectivity index (χ0) is 13.7. The van der Waals surface area contributed by atoms with Crippen LogP contribution in [0.2, 0.25) is 0 Å². The molecule has 2 heterocycles. The average Bonchev–Trinajstić information content (AvgIpc) is 2.82. The van der Waals surface area contributed by atoms with Gasteiger partial charge >= 0.3 is 6.03 Å². The quantitative estimate of drug-likeness (QED) is 0.890. The lowest BCUT2D eigenvalue weighted by Crippen LogP contribution is -2.51. The number of hydrogen-bond donors (Lipinski definition) is 1. The number of amides is 2. The maximum Gasteiger partial charge on any atom is 0.317 e. The molecule has 0 aromatic carbocycles. The molecule has 6 heteroatoms. The second-order valence-corrected chi connectivity index (χ2v) is 4.93. The zero-order valence-corrected chi connectivity index (χ0v) is 11.7. The predicted octanol–water partition coefficient (Wildman–Crippen LogP) is 1.22. The highest BCUT2D eigenvalue weighted by molar-refractivity contribution is 5.74. The smallest absolute Gasteiger partial charge is 0.317 e. The summed E-state index contributed by atoms with van der Waals surface area (Å²) in [5.74, 6) is 0.890. The summed E-state index contributed by atoms with van der Waals surface area (Å²) in [6.07, 6.45) is 0.969. The Morgan fingerprint density at radius 2 is 2.16 bits per heavy atom. The molecule has 0 aliphatic carbocycles. The van der Waals surface area contributed by atoms with Crippen LogP contribution >= 0.6 is 0 Å². The van der Waals surface area contributed by atoms with E-state index in [1.54, 1.807) is 0 Å². The van der Waals surface area contributed by atoms with E-state index >= 15 is 0 Å². The van der Waals surface area contributed by atoms with Gasteiger partial charge in [0.25, 0.3) is 0 Å². The fourth-order valence-electron chi connectivity index (χ4n) is 2.16. The zero-order valence-electron chi connectivity index (χ0n) is 11.7. The van der Waals surface area contributed by atoms with Crippen molar-refractivity contribution in [2.45, 2.75) is 26.8 Å². The van der Waals surface area contributed by atoms with Crippen LogP contribution in [-0.2, 0) is 6.54 Å². The van der Waals surface area contributed by atoms with Gasteiger partial charge in [0, 0.05) is 38.8 Å². The van der Waals surface area contributed by atoms with Gasteiger partial charge in [0.1, 0.15) is 0 Å². The van der Waals surface area contributed by atoms with Gasteiger partial charge in [-0.1, -0.05) is 12.1 Å². The summed E-state index contributed by atoms with van der Waals surface area (Å²) in [4.78, 5) is 15.9. The molecule has 0 saturated carbocycles. The summed E-state index contributed by atoms with van der Waals surface area (Å²) in [5.41, 5.74) is 0.910. The van der Waals surface area contributed by atoms with E-state index in [0.29, 0.717) is 0 Å². The number of nitrogens with one attached hydrogen (secondary N) is 1. The predicted molar refractivity (Wildman–Crippen MR) is 71.8 cm³/mol. The lowest BCUT2D eigenvalue weighted by Gasteiger charge is -2.34. The molecule has 2 amide bonds. The van der Waals surface area contributed by atoms with Gasteiger partial charge in [-0.05, 0) is 13.3 Å². The van der Waals surface area contributed by atoms with Crippen molar-refractivity contribution in [1.82, 2.24) is 20.3 Å². The largest absolute Gasteiger partial charge is 0.360 e. The Labute approximate surface area is 113 Å². The van der Waals surface area contributed by atoms with Gasteiger partial charge in [-0.3, -0.25) is 4.90 Å². The van der Waals surface area contributed by atoms with Crippen molar-refractivity contribution >= 4 is 6.03 Å². The number of rotatable bonds is 4. The number of hydrogen-bond acceptors (Lipinski definition) is 4. The standard InChI is InChI=1S/C13H22N4O2/c1-3-4-14-13(18)17-7-5-16(6-8-17)10-12-9-11(2)15-19-12/h9H,3-8,10H2,1-2H3,(H,14,18). The Bertz CT molecular complexity index is 411. The molecule has 1 N–H and O–H groups in total. The summed E-state index contributed by atoms with van der Waals surface area (Å²) < 4.78 is 5.21. The summed E-state index contributed by atoms with van der Waals surface area (Å²) >= 11 is 0. The van der Waals surface area contributed by atoms with E-state index in [1.165, 1.54) is 0 Å². The number of carbonyl (C=O) groups excluding carboxylic acids is 1. The highest BCUT2D eigenvalue weighted by Gasteiger charge is 2.21. The molecule has 0 radical (unpaired) electrons. The van der Waals surface area contributed by atoms with Crippen molar-refractivity contribution in [2.24, 2.45) is 0 Å². The van der Waals surface area contributed by atoms with Gasteiger partial charge in [-0.15, -0.1) is 0 Å². The van der Waals surface area contributed by atoms with Crippen LogP contribution in [0, 0.1) is 6.92 Å². The Morgan fingerprint density at radius 1 is 1.42 bits per heavy atom. The van der Waals surface area contributed by atoms with Crippen LogP contribution in [0.15, 0.2) is 10.6 Å². The molecule has 1 aromatic rings. The van der Waals surface area contributed by atoms with E-state index in [0.717, 1.165) is 57.1 Å². The fourth-order valence-corrected chi connectivity index (χ4v) is 2.16. The molecule has 106 valence electrons. The number of aryl methyl sites for hydroxylation is 1. The topological polar surface area (TPSA) is 61.6 Å². The molecule has 1 aliphatic rings. The van der Waals surface area contributed by atoms with Crippen molar-refractivity contribution in [2.75, 3.05) is 32.7 Å². The van der Waals surface area contributed by atoms with Crippen molar-refractivity contribution in [3.05, 3.63) is 17.5 Å².